The number of rotatable bonds is 5. The van der Waals surface area contributed by atoms with Crippen molar-refractivity contribution in [2.75, 3.05) is 19.6 Å². The average Bonchev–Trinajstić information content (AvgIpc) is 2.64. The van der Waals surface area contributed by atoms with Crippen LogP contribution in [0, 0.1) is 0 Å². The van der Waals surface area contributed by atoms with Crippen molar-refractivity contribution in [1.82, 2.24) is 20.1 Å². The lowest BCUT2D eigenvalue weighted by Crippen LogP contribution is -2.55. The minimum atomic E-state index is -0.206. The zero-order valence-corrected chi connectivity index (χ0v) is 16.0. The number of carbonyl (C=O) groups is 2. The molecule has 1 saturated heterocycles. The topological polar surface area (TPSA) is 65.5 Å². The second-order valence-electron chi connectivity index (χ2n) is 6.78. The molecule has 2 aromatic rings. The van der Waals surface area contributed by atoms with E-state index in [9.17, 15) is 9.59 Å². The molecule has 1 unspecified atom stereocenters. The zero-order chi connectivity index (χ0) is 19.2. The third-order valence-electron chi connectivity index (χ3n) is 4.50. The highest BCUT2D eigenvalue weighted by Gasteiger charge is 2.27. The van der Waals surface area contributed by atoms with Gasteiger partial charge in [-0.25, -0.2) is 4.79 Å². The number of hydrogen-bond acceptors (Lipinski definition) is 3. The lowest BCUT2D eigenvalue weighted by Gasteiger charge is -2.35. The fourth-order valence-corrected chi connectivity index (χ4v) is 3.34. The number of amides is 3. The Kier molecular flexibility index (Phi) is 6.29. The van der Waals surface area contributed by atoms with Crippen molar-refractivity contribution >= 4 is 23.5 Å². The van der Waals surface area contributed by atoms with E-state index in [4.69, 9.17) is 11.6 Å². The van der Waals surface area contributed by atoms with E-state index in [2.05, 4.69) is 10.3 Å². The molecule has 1 N–H and O–H groups in total. The standard InChI is InChI=1S/C20H23ClN4O2/c1-15(10-16-5-3-7-22-12-16)23-20(27)25-9-8-24(19(26)14-25)13-17-4-2-6-18(21)11-17/h2-7,11-12,15H,8-10,13-14H2,1H3,(H,23,27). The highest BCUT2D eigenvalue weighted by Crippen LogP contribution is 2.14. The Hall–Kier alpha value is -2.60. The van der Waals surface area contributed by atoms with Gasteiger partial charge in [0.15, 0.2) is 0 Å². The van der Waals surface area contributed by atoms with E-state index < -0.39 is 0 Å². The van der Waals surface area contributed by atoms with Crippen LogP contribution in [0.15, 0.2) is 48.8 Å². The molecule has 1 fully saturated rings. The SMILES string of the molecule is CC(Cc1cccnc1)NC(=O)N1CCN(Cc2cccc(Cl)c2)C(=O)C1. The van der Waals surface area contributed by atoms with Gasteiger partial charge in [-0.2, -0.15) is 0 Å². The number of piperazine rings is 1. The summed E-state index contributed by atoms with van der Waals surface area (Å²) in [7, 11) is 0. The monoisotopic (exact) mass is 386 g/mol. The maximum Gasteiger partial charge on any atom is 0.318 e. The van der Waals surface area contributed by atoms with Crippen molar-refractivity contribution in [2.24, 2.45) is 0 Å². The van der Waals surface area contributed by atoms with Gasteiger partial charge in [0.05, 0.1) is 0 Å². The number of halogens is 1. The third kappa shape index (κ3) is 5.44. The second kappa shape index (κ2) is 8.86. The molecule has 0 aliphatic carbocycles. The van der Waals surface area contributed by atoms with Crippen LogP contribution in [0.5, 0.6) is 0 Å². The van der Waals surface area contributed by atoms with Crippen LogP contribution in [0.3, 0.4) is 0 Å². The summed E-state index contributed by atoms with van der Waals surface area (Å²) < 4.78 is 0. The number of hydrogen-bond donors (Lipinski definition) is 1. The molecule has 3 rings (SSSR count). The van der Waals surface area contributed by atoms with E-state index >= 15 is 0 Å². The van der Waals surface area contributed by atoms with Crippen molar-refractivity contribution in [2.45, 2.75) is 25.9 Å². The molecule has 1 aliphatic heterocycles. The first-order valence-electron chi connectivity index (χ1n) is 8.98. The molecular weight excluding hydrogens is 364 g/mol. The van der Waals surface area contributed by atoms with Crippen molar-refractivity contribution in [3.8, 4) is 0 Å². The van der Waals surface area contributed by atoms with Crippen LogP contribution >= 0.6 is 11.6 Å². The van der Waals surface area contributed by atoms with Gasteiger partial charge in [0, 0.05) is 43.1 Å². The van der Waals surface area contributed by atoms with Gasteiger partial charge in [-0.3, -0.25) is 9.78 Å². The molecule has 1 aliphatic rings. The van der Waals surface area contributed by atoms with Gasteiger partial charge in [-0.1, -0.05) is 29.8 Å². The molecule has 27 heavy (non-hydrogen) atoms. The summed E-state index contributed by atoms with van der Waals surface area (Å²) in [5.41, 5.74) is 2.05. The maximum absolute atomic E-state index is 12.5. The van der Waals surface area contributed by atoms with E-state index in [1.54, 1.807) is 22.2 Å². The Balaban J connectivity index is 1.49. The largest absolute Gasteiger partial charge is 0.335 e. The van der Waals surface area contributed by atoms with Crippen LogP contribution in [0.1, 0.15) is 18.1 Å². The van der Waals surface area contributed by atoms with Gasteiger partial charge >= 0.3 is 6.03 Å². The molecule has 3 amide bonds. The number of carbonyl (C=O) groups excluding carboxylic acids is 2. The highest BCUT2D eigenvalue weighted by molar-refractivity contribution is 6.30. The van der Waals surface area contributed by atoms with Gasteiger partial charge in [0.2, 0.25) is 5.91 Å². The Bertz CT molecular complexity index is 800. The summed E-state index contributed by atoms with van der Waals surface area (Å²) in [6, 6.07) is 11.1. The summed E-state index contributed by atoms with van der Waals surface area (Å²) in [6.45, 7) is 3.56. The van der Waals surface area contributed by atoms with Gasteiger partial charge in [-0.05, 0) is 42.7 Å². The molecular formula is C20H23ClN4O2. The van der Waals surface area contributed by atoms with Crippen LogP contribution in [0.2, 0.25) is 5.02 Å². The summed E-state index contributed by atoms with van der Waals surface area (Å²) in [4.78, 5) is 32.3. The quantitative estimate of drug-likeness (QED) is 0.859. The predicted octanol–water partition coefficient (Wildman–Crippen LogP) is 2.72. The van der Waals surface area contributed by atoms with Gasteiger partial charge in [0.25, 0.3) is 0 Å². The van der Waals surface area contributed by atoms with Crippen LogP contribution in [0.4, 0.5) is 4.79 Å². The molecule has 142 valence electrons. The number of urea groups is 1. The van der Waals surface area contributed by atoms with Crippen LogP contribution < -0.4 is 5.32 Å². The van der Waals surface area contributed by atoms with Crippen LogP contribution in [0.25, 0.3) is 0 Å². The zero-order valence-electron chi connectivity index (χ0n) is 15.3. The molecule has 6 nitrogen and oxygen atoms in total. The van der Waals surface area contributed by atoms with Crippen LogP contribution in [-0.2, 0) is 17.8 Å². The normalized spacial score (nSPS) is 15.6. The van der Waals surface area contributed by atoms with E-state index in [0.717, 1.165) is 11.1 Å². The van der Waals surface area contributed by atoms with E-state index in [-0.39, 0.29) is 24.5 Å². The first kappa shape index (κ1) is 19.2. The van der Waals surface area contributed by atoms with Gasteiger partial charge in [0.1, 0.15) is 6.54 Å². The Morgan fingerprint density at radius 1 is 1.26 bits per heavy atom. The Morgan fingerprint density at radius 3 is 2.78 bits per heavy atom. The van der Waals surface area contributed by atoms with E-state index in [0.29, 0.717) is 31.1 Å². The number of nitrogens with zero attached hydrogens (tertiary/aromatic N) is 3. The summed E-state index contributed by atoms with van der Waals surface area (Å²) in [6.07, 6.45) is 4.21. The Labute approximate surface area is 164 Å². The predicted molar refractivity (Wildman–Crippen MR) is 104 cm³/mol. The van der Waals surface area contributed by atoms with Crippen molar-refractivity contribution in [3.05, 3.63) is 64.9 Å². The first-order valence-corrected chi connectivity index (χ1v) is 9.35. The lowest BCUT2D eigenvalue weighted by molar-refractivity contribution is -0.135. The molecule has 1 aromatic heterocycles. The molecule has 2 heterocycles. The molecule has 1 aromatic carbocycles. The first-order chi connectivity index (χ1) is 13.0. The van der Waals surface area contributed by atoms with Crippen molar-refractivity contribution < 1.29 is 9.59 Å². The lowest BCUT2D eigenvalue weighted by atomic mass is 10.1. The van der Waals surface area contributed by atoms with Crippen molar-refractivity contribution in [3.63, 3.8) is 0 Å². The summed E-state index contributed by atoms with van der Waals surface area (Å²) in [5, 5.41) is 3.61. The van der Waals surface area contributed by atoms with E-state index in [1.807, 2.05) is 43.3 Å². The number of nitrogens with one attached hydrogen (secondary N) is 1. The minimum absolute atomic E-state index is 0.0405. The van der Waals surface area contributed by atoms with Gasteiger partial charge < -0.3 is 15.1 Å². The molecule has 0 radical (unpaired) electrons. The fraction of sp³-hybridized carbons (Fsp3) is 0.350. The number of benzene rings is 1. The number of pyridine rings is 1. The molecule has 7 heteroatoms. The molecule has 0 bridgehead atoms. The summed E-state index contributed by atoms with van der Waals surface area (Å²) >= 11 is 6.00. The highest BCUT2D eigenvalue weighted by atomic mass is 35.5. The minimum Gasteiger partial charge on any atom is -0.335 e. The molecule has 0 spiro atoms. The molecule has 0 saturated carbocycles. The van der Waals surface area contributed by atoms with E-state index in [1.165, 1.54) is 0 Å². The average molecular weight is 387 g/mol. The smallest absolute Gasteiger partial charge is 0.318 e. The third-order valence-corrected chi connectivity index (χ3v) is 4.74. The number of aromatic nitrogens is 1. The van der Waals surface area contributed by atoms with Crippen molar-refractivity contribution in [1.29, 1.82) is 0 Å². The second-order valence-corrected chi connectivity index (χ2v) is 7.22. The molecule has 1 atom stereocenters. The maximum atomic E-state index is 12.5. The van der Waals surface area contributed by atoms with Gasteiger partial charge in [-0.15, -0.1) is 0 Å². The summed E-state index contributed by atoms with van der Waals surface area (Å²) in [5.74, 6) is -0.0590. The Morgan fingerprint density at radius 2 is 2.07 bits per heavy atom. The van der Waals surface area contributed by atoms with Crippen LogP contribution in [-0.4, -0.2) is 52.4 Å². The fourth-order valence-electron chi connectivity index (χ4n) is 3.13.